The second kappa shape index (κ2) is 6.90. The van der Waals surface area contributed by atoms with Gasteiger partial charge in [0.15, 0.2) is 0 Å². The highest BCUT2D eigenvalue weighted by Gasteiger charge is 2.51. The van der Waals surface area contributed by atoms with Crippen LogP contribution in [-0.4, -0.2) is 49.4 Å². The first-order valence-corrected chi connectivity index (χ1v) is 10.2. The van der Waals surface area contributed by atoms with Gasteiger partial charge in [-0.3, -0.25) is 9.59 Å². The van der Waals surface area contributed by atoms with Gasteiger partial charge in [-0.1, -0.05) is 0 Å². The molecule has 25 heavy (non-hydrogen) atoms. The van der Waals surface area contributed by atoms with Crippen molar-refractivity contribution in [1.82, 2.24) is 15.5 Å². The molecule has 5 fully saturated rings. The van der Waals surface area contributed by atoms with Crippen LogP contribution in [0.1, 0.15) is 57.8 Å². The summed E-state index contributed by atoms with van der Waals surface area (Å²) >= 11 is 0. The second-order valence-electron chi connectivity index (χ2n) is 9.52. The first-order chi connectivity index (χ1) is 12.0. The molecule has 0 aromatic carbocycles. The fourth-order valence-corrected chi connectivity index (χ4v) is 6.52. The average molecular weight is 348 g/mol. The molecular formula is C20H33N3O2. The van der Waals surface area contributed by atoms with Crippen molar-refractivity contribution in [2.75, 3.05) is 26.7 Å². The van der Waals surface area contributed by atoms with E-state index in [-0.39, 0.29) is 29.8 Å². The Hall–Kier alpha value is -1.10. The van der Waals surface area contributed by atoms with Crippen LogP contribution in [0.25, 0.3) is 0 Å². The molecule has 5 aliphatic rings. The normalized spacial score (nSPS) is 37.9. The molecule has 4 saturated carbocycles. The third-order valence-electron chi connectivity index (χ3n) is 7.23. The average Bonchev–Trinajstić information content (AvgIpc) is 2.53. The predicted octanol–water partition coefficient (Wildman–Crippen LogP) is 1.92. The number of carbonyl (C=O) groups excluding carboxylic acids is 2. The molecule has 5 nitrogen and oxygen atoms in total. The Morgan fingerprint density at radius 3 is 2.08 bits per heavy atom. The van der Waals surface area contributed by atoms with E-state index in [0.29, 0.717) is 6.42 Å². The van der Waals surface area contributed by atoms with E-state index in [1.807, 2.05) is 0 Å². The molecule has 1 saturated heterocycles. The number of nitrogens with zero attached hydrogens (tertiary/aromatic N) is 1. The number of likely N-dealkylation sites (tertiary alicyclic amines) is 1. The first-order valence-electron chi connectivity index (χ1n) is 10.2. The molecule has 0 unspecified atom stereocenters. The van der Waals surface area contributed by atoms with Gasteiger partial charge in [0, 0.05) is 12.5 Å². The minimum Gasteiger partial charge on any atom is -0.352 e. The molecule has 4 bridgehead atoms. The molecule has 1 heterocycles. The summed E-state index contributed by atoms with van der Waals surface area (Å²) < 4.78 is 0. The maximum atomic E-state index is 12.5. The summed E-state index contributed by atoms with van der Waals surface area (Å²) in [5.41, 5.74) is 0.253. The van der Waals surface area contributed by atoms with E-state index in [1.54, 1.807) is 0 Å². The maximum absolute atomic E-state index is 12.5. The quantitative estimate of drug-likeness (QED) is 0.799. The number of piperidine rings is 1. The largest absolute Gasteiger partial charge is 0.352 e. The van der Waals surface area contributed by atoms with E-state index in [1.165, 1.54) is 38.5 Å². The van der Waals surface area contributed by atoms with Gasteiger partial charge in [0.25, 0.3) is 0 Å². The van der Waals surface area contributed by atoms with Gasteiger partial charge in [0.05, 0.1) is 6.54 Å². The summed E-state index contributed by atoms with van der Waals surface area (Å²) in [6.07, 6.45) is 10.6. The van der Waals surface area contributed by atoms with Gasteiger partial charge in [-0.2, -0.15) is 0 Å². The molecule has 5 heteroatoms. The fraction of sp³-hybridized carbons (Fsp3) is 0.900. The van der Waals surface area contributed by atoms with Gasteiger partial charge in [-0.05, 0) is 94.7 Å². The lowest BCUT2D eigenvalue weighted by molar-refractivity contribution is -0.132. The minimum absolute atomic E-state index is 0.0339. The lowest BCUT2D eigenvalue weighted by Crippen LogP contribution is -2.49. The topological polar surface area (TPSA) is 61.4 Å². The maximum Gasteiger partial charge on any atom is 0.239 e. The second-order valence-corrected chi connectivity index (χ2v) is 9.52. The zero-order valence-electron chi connectivity index (χ0n) is 15.6. The van der Waals surface area contributed by atoms with Gasteiger partial charge in [0.2, 0.25) is 11.8 Å². The van der Waals surface area contributed by atoms with Crippen molar-refractivity contribution < 1.29 is 9.59 Å². The van der Waals surface area contributed by atoms with Gasteiger partial charge >= 0.3 is 0 Å². The number of hydrogen-bond donors (Lipinski definition) is 2. The Kier molecular flexibility index (Phi) is 4.78. The Balaban J connectivity index is 1.21. The van der Waals surface area contributed by atoms with Crippen molar-refractivity contribution in [2.45, 2.75) is 63.8 Å². The molecule has 1 aliphatic heterocycles. The van der Waals surface area contributed by atoms with Crippen LogP contribution in [0.15, 0.2) is 0 Å². The van der Waals surface area contributed by atoms with Gasteiger partial charge in [0.1, 0.15) is 0 Å². The third kappa shape index (κ3) is 4.02. The van der Waals surface area contributed by atoms with Gasteiger partial charge in [-0.25, -0.2) is 0 Å². The standard InChI is InChI=1S/C20H33N3O2/c1-23-4-2-17(3-5-23)22-19(25)13-21-18(24)12-20-9-14-6-15(10-20)8-16(7-14)11-20/h14-17H,2-13H2,1H3,(H,21,24)(H,22,25). The smallest absolute Gasteiger partial charge is 0.239 e. The van der Waals surface area contributed by atoms with E-state index in [9.17, 15) is 9.59 Å². The number of nitrogens with one attached hydrogen (secondary N) is 2. The number of rotatable bonds is 5. The van der Waals surface area contributed by atoms with Crippen LogP contribution >= 0.6 is 0 Å². The molecule has 0 radical (unpaired) electrons. The summed E-state index contributed by atoms with van der Waals surface area (Å²) in [5.74, 6) is 2.65. The van der Waals surface area contributed by atoms with Crippen molar-refractivity contribution in [3.05, 3.63) is 0 Å². The molecule has 2 N–H and O–H groups in total. The molecule has 0 atom stereocenters. The van der Waals surface area contributed by atoms with Gasteiger partial charge in [-0.15, -0.1) is 0 Å². The van der Waals surface area contributed by atoms with Crippen LogP contribution in [0.2, 0.25) is 0 Å². The minimum atomic E-state index is -0.0339. The summed E-state index contributed by atoms with van der Waals surface area (Å²) in [6.45, 7) is 2.20. The first kappa shape index (κ1) is 17.3. The van der Waals surface area contributed by atoms with Crippen molar-refractivity contribution in [2.24, 2.45) is 23.2 Å². The lowest BCUT2D eigenvalue weighted by Gasteiger charge is -2.56. The van der Waals surface area contributed by atoms with E-state index in [4.69, 9.17) is 0 Å². The monoisotopic (exact) mass is 347 g/mol. The summed E-state index contributed by atoms with van der Waals surface area (Å²) in [4.78, 5) is 26.9. The van der Waals surface area contributed by atoms with Gasteiger partial charge < -0.3 is 15.5 Å². The Bertz CT molecular complexity index is 490. The Labute approximate surface area is 151 Å². The molecule has 2 amide bonds. The van der Waals surface area contributed by atoms with Crippen molar-refractivity contribution in [3.63, 3.8) is 0 Å². The highest BCUT2D eigenvalue weighted by atomic mass is 16.2. The predicted molar refractivity (Wildman–Crippen MR) is 96.9 cm³/mol. The summed E-state index contributed by atoms with van der Waals surface area (Å²) in [6, 6.07) is 0.267. The molecular weight excluding hydrogens is 314 g/mol. The number of hydrogen-bond acceptors (Lipinski definition) is 3. The third-order valence-corrected chi connectivity index (χ3v) is 7.23. The molecule has 0 spiro atoms. The zero-order chi connectivity index (χ0) is 17.4. The lowest BCUT2D eigenvalue weighted by atomic mass is 9.49. The van der Waals surface area contributed by atoms with Crippen LogP contribution in [-0.2, 0) is 9.59 Å². The van der Waals surface area contributed by atoms with Crippen molar-refractivity contribution >= 4 is 11.8 Å². The Morgan fingerprint density at radius 2 is 1.52 bits per heavy atom. The Morgan fingerprint density at radius 1 is 0.960 bits per heavy atom. The van der Waals surface area contributed by atoms with E-state index in [0.717, 1.165) is 43.7 Å². The fourth-order valence-electron chi connectivity index (χ4n) is 6.52. The zero-order valence-corrected chi connectivity index (χ0v) is 15.6. The highest BCUT2D eigenvalue weighted by molar-refractivity contribution is 5.85. The molecule has 0 aromatic heterocycles. The molecule has 5 rings (SSSR count). The van der Waals surface area contributed by atoms with Crippen molar-refractivity contribution in [3.8, 4) is 0 Å². The van der Waals surface area contributed by atoms with Crippen molar-refractivity contribution in [1.29, 1.82) is 0 Å². The number of amides is 2. The van der Waals surface area contributed by atoms with Crippen LogP contribution < -0.4 is 10.6 Å². The van der Waals surface area contributed by atoms with Crippen LogP contribution in [0, 0.1) is 23.2 Å². The van der Waals surface area contributed by atoms with Crippen LogP contribution in [0.4, 0.5) is 0 Å². The highest BCUT2D eigenvalue weighted by Crippen LogP contribution is 2.61. The molecule has 4 aliphatic carbocycles. The van der Waals surface area contributed by atoms with E-state index < -0.39 is 0 Å². The van der Waals surface area contributed by atoms with E-state index >= 15 is 0 Å². The SMILES string of the molecule is CN1CCC(NC(=O)CNC(=O)CC23CC4CC(CC(C4)C2)C3)CC1. The molecule has 140 valence electrons. The summed E-state index contributed by atoms with van der Waals surface area (Å²) in [7, 11) is 2.11. The van der Waals surface area contributed by atoms with Crippen LogP contribution in [0.5, 0.6) is 0 Å². The number of carbonyl (C=O) groups is 2. The van der Waals surface area contributed by atoms with Crippen LogP contribution in [0.3, 0.4) is 0 Å². The summed E-state index contributed by atoms with van der Waals surface area (Å²) in [5, 5.41) is 5.97. The molecule has 0 aromatic rings. The van der Waals surface area contributed by atoms with E-state index in [2.05, 4.69) is 22.6 Å².